The fourth-order valence-corrected chi connectivity index (χ4v) is 1.82. The minimum absolute atomic E-state index is 0.0845. The van der Waals surface area contributed by atoms with Crippen LogP contribution >= 0.6 is 23.1 Å². The molecule has 15 heavy (non-hydrogen) atoms. The number of nitrogens with one attached hydrogen (secondary N) is 1. The zero-order valence-corrected chi connectivity index (χ0v) is 9.36. The smallest absolute Gasteiger partial charge is 0.207 e. The molecule has 6 heteroatoms. The zero-order chi connectivity index (χ0) is 10.8. The first kappa shape index (κ1) is 10.3. The van der Waals surface area contributed by atoms with Crippen molar-refractivity contribution in [3.63, 3.8) is 0 Å². The third-order valence-electron chi connectivity index (χ3n) is 1.70. The molecule has 1 aromatic carbocycles. The van der Waals surface area contributed by atoms with E-state index in [0.717, 1.165) is 0 Å². The Hall–Kier alpha value is -1.20. The number of hydrogen-bond donors (Lipinski definition) is 1. The Balaban J connectivity index is 2.21. The van der Waals surface area contributed by atoms with Gasteiger partial charge >= 0.3 is 0 Å². The summed E-state index contributed by atoms with van der Waals surface area (Å²) in [5, 5.41) is 3.73. The lowest BCUT2D eigenvalue weighted by Crippen LogP contribution is -1.90. The lowest BCUT2D eigenvalue weighted by molar-refractivity contribution is 0.628. The summed E-state index contributed by atoms with van der Waals surface area (Å²) in [7, 11) is 0. The van der Waals surface area contributed by atoms with Crippen molar-refractivity contribution < 1.29 is 4.39 Å². The molecule has 1 aromatic heterocycles. The van der Waals surface area contributed by atoms with Crippen LogP contribution in [0.2, 0.25) is 5.02 Å². The maximum absolute atomic E-state index is 12.9. The SMILES string of the molecule is Cc1nsc(Nc2ccc(F)c(Cl)c2)n1. The predicted octanol–water partition coefficient (Wildman–Crippen LogP) is 3.38. The highest BCUT2D eigenvalue weighted by Gasteiger charge is 2.03. The highest BCUT2D eigenvalue weighted by Crippen LogP contribution is 2.23. The third-order valence-corrected chi connectivity index (χ3v) is 2.71. The summed E-state index contributed by atoms with van der Waals surface area (Å²) in [6.45, 7) is 1.80. The van der Waals surface area contributed by atoms with E-state index in [1.54, 1.807) is 13.0 Å². The topological polar surface area (TPSA) is 37.8 Å². The van der Waals surface area contributed by atoms with Gasteiger partial charge in [0.05, 0.1) is 5.02 Å². The van der Waals surface area contributed by atoms with Gasteiger partial charge in [0, 0.05) is 17.2 Å². The Labute approximate surface area is 95.1 Å². The van der Waals surface area contributed by atoms with E-state index in [2.05, 4.69) is 14.7 Å². The minimum atomic E-state index is -0.435. The van der Waals surface area contributed by atoms with Crippen molar-refractivity contribution in [2.24, 2.45) is 0 Å². The maximum Gasteiger partial charge on any atom is 0.207 e. The van der Waals surface area contributed by atoms with Crippen LogP contribution in [0.5, 0.6) is 0 Å². The number of rotatable bonds is 2. The van der Waals surface area contributed by atoms with Gasteiger partial charge in [-0.3, -0.25) is 0 Å². The highest BCUT2D eigenvalue weighted by atomic mass is 35.5. The Kier molecular flexibility index (Phi) is 2.83. The molecular weight excluding hydrogens is 237 g/mol. The summed E-state index contributed by atoms with van der Waals surface area (Å²) in [4.78, 5) is 4.12. The summed E-state index contributed by atoms with van der Waals surface area (Å²) in [6, 6.07) is 4.41. The molecule has 78 valence electrons. The summed E-state index contributed by atoms with van der Waals surface area (Å²) < 4.78 is 16.9. The van der Waals surface area contributed by atoms with Gasteiger partial charge in [-0.1, -0.05) is 11.6 Å². The van der Waals surface area contributed by atoms with Crippen LogP contribution in [0.1, 0.15) is 5.82 Å². The van der Waals surface area contributed by atoms with Crippen LogP contribution in [0.3, 0.4) is 0 Å². The molecule has 0 unspecified atom stereocenters. The van der Waals surface area contributed by atoms with Gasteiger partial charge in [0.2, 0.25) is 5.13 Å². The molecule has 0 radical (unpaired) electrons. The fourth-order valence-electron chi connectivity index (χ4n) is 1.05. The standard InChI is InChI=1S/C9H7ClFN3S/c1-5-12-9(15-14-5)13-6-2-3-8(11)7(10)4-6/h2-4H,1H3,(H,12,13,14). The molecule has 0 amide bonds. The summed E-state index contributed by atoms with van der Waals surface area (Å²) in [5.74, 6) is 0.270. The average Bonchev–Trinajstić information content (AvgIpc) is 2.58. The summed E-state index contributed by atoms with van der Waals surface area (Å²) in [5.41, 5.74) is 0.692. The fraction of sp³-hybridized carbons (Fsp3) is 0.111. The number of halogens is 2. The highest BCUT2D eigenvalue weighted by molar-refractivity contribution is 7.09. The molecule has 3 nitrogen and oxygen atoms in total. The second-order valence-corrected chi connectivity index (χ2v) is 4.06. The molecule has 2 rings (SSSR count). The van der Waals surface area contributed by atoms with Crippen LogP contribution in [0.4, 0.5) is 15.2 Å². The van der Waals surface area contributed by atoms with Gasteiger partial charge in [0.1, 0.15) is 11.6 Å². The van der Waals surface area contributed by atoms with Gasteiger partial charge < -0.3 is 5.32 Å². The van der Waals surface area contributed by atoms with Crippen LogP contribution in [-0.2, 0) is 0 Å². The Morgan fingerprint density at radius 1 is 1.47 bits per heavy atom. The Bertz CT molecular complexity index is 486. The molecule has 0 fully saturated rings. The van der Waals surface area contributed by atoms with Crippen molar-refractivity contribution >= 4 is 34.0 Å². The quantitative estimate of drug-likeness (QED) is 0.879. The number of aryl methyl sites for hydroxylation is 1. The second-order valence-electron chi connectivity index (χ2n) is 2.90. The average molecular weight is 244 g/mol. The predicted molar refractivity (Wildman–Crippen MR) is 59.3 cm³/mol. The number of nitrogens with zero attached hydrogens (tertiary/aromatic N) is 2. The van der Waals surface area contributed by atoms with E-state index in [-0.39, 0.29) is 5.02 Å². The van der Waals surface area contributed by atoms with Gasteiger partial charge in [0.25, 0.3) is 0 Å². The van der Waals surface area contributed by atoms with Crippen LogP contribution in [-0.4, -0.2) is 9.36 Å². The van der Waals surface area contributed by atoms with Crippen LogP contribution < -0.4 is 5.32 Å². The van der Waals surface area contributed by atoms with Gasteiger partial charge in [-0.2, -0.15) is 4.37 Å². The molecule has 0 atom stereocenters. The van der Waals surface area contributed by atoms with Crippen LogP contribution in [0.15, 0.2) is 18.2 Å². The van der Waals surface area contributed by atoms with Gasteiger partial charge in [-0.15, -0.1) is 0 Å². The molecule has 1 N–H and O–H groups in total. The molecule has 0 spiro atoms. The van der Waals surface area contributed by atoms with E-state index >= 15 is 0 Å². The normalized spacial score (nSPS) is 10.3. The largest absolute Gasteiger partial charge is 0.330 e. The van der Waals surface area contributed by atoms with Crippen molar-refractivity contribution in [1.82, 2.24) is 9.36 Å². The van der Waals surface area contributed by atoms with Gasteiger partial charge in [-0.05, 0) is 25.1 Å². The van der Waals surface area contributed by atoms with Crippen LogP contribution in [0, 0.1) is 12.7 Å². The number of anilines is 2. The van der Waals surface area contributed by atoms with E-state index in [9.17, 15) is 4.39 Å². The molecule has 1 heterocycles. The van der Waals surface area contributed by atoms with Crippen LogP contribution in [0.25, 0.3) is 0 Å². The molecule has 0 aliphatic rings. The number of hydrogen-bond acceptors (Lipinski definition) is 4. The molecular formula is C9H7ClFN3S. The van der Waals surface area contributed by atoms with E-state index < -0.39 is 5.82 Å². The first-order valence-electron chi connectivity index (χ1n) is 4.17. The lowest BCUT2D eigenvalue weighted by atomic mass is 10.3. The lowest BCUT2D eigenvalue weighted by Gasteiger charge is -2.02. The zero-order valence-electron chi connectivity index (χ0n) is 7.79. The molecule has 0 bridgehead atoms. The van der Waals surface area contributed by atoms with Crippen molar-refractivity contribution in [2.75, 3.05) is 5.32 Å². The number of benzene rings is 1. The van der Waals surface area contributed by atoms with Gasteiger partial charge in [-0.25, -0.2) is 9.37 Å². The molecule has 0 aliphatic heterocycles. The first-order valence-corrected chi connectivity index (χ1v) is 5.32. The van der Waals surface area contributed by atoms with Crippen molar-refractivity contribution in [2.45, 2.75) is 6.92 Å². The third kappa shape index (κ3) is 2.43. The van der Waals surface area contributed by atoms with Crippen molar-refractivity contribution in [3.8, 4) is 0 Å². The van der Waals surface area contributed by atoms with E-state index in [0.29, 0.717) is 16.6 Å². The summed E-state index contributed by atoms with van der Waals surface area (Å²) >= 11 is 6.88. The van der Waals surface area contributed by atoms with Gasteiger partial charge in [0.15, 0.2) is 0 Å². The molecule has 0 saturated heterocycles. The Morgan fingerprint density at radius 2 is 2.27 bits per heavy atom. The minimum Gasteiger partial charge on any atom is -0.330 e. The summed E-state index contributed by atoms with van der Waals surface area (Å²) in [6.07, 6.45) is 0. The van der Waals surface area contributed by atoms with E-state index in [1.807, 2.05) is 0 Å². The first-order chi connectivity index (χ1) is 7.15. The second kappa shape index (κ2) is 4.12. The van der Waals surface area contributed by atoms with E-state index in [4.69, 9.17) is 11.6 Å². The Morgan fingerprint density at radius 3 is 2.87 bits per heavy atom. The van der Waals surface area contributed by atoms with Crippen molar-refractivity contribution in [1.29, 1.82) is 0 Å². The monoisotopic (exact) mass is 243 g/mol. The molecule has 0 saturated carbocycles. The number of aromatic nitrogens is 2. The molecule has 0 aliphatic carbocycles. The van der Waals surface area contributed by atoms with E-state index in [1.165, 1.54) is 23.7 Å². The molecule has 2 aromatic rings. The maximum atomic E-state index is 12.9. The van der Waals surface area contributed by atoms with Crippen molar-refractivity contribution in [3.05, 3.63) is 34.9 Å².